The van der Waals surface area contributed by atoms with E-state index in [1.54, 1.807) is 13.3 Å². The van der Waals surface area contributed by atoms with Crippen LogP contribution in [0.5, 0.6) is 5.75 Å². The fourth-order valence-electron chi connectivity index (χ4n) is 3.66. The minimum Gasteiger partial charge on any atom is -0.496 e. The third-order valence-electron chi connectivity index (χ3n) is 5.54. The summed E-state index contributed by atoms with van der Waals surface area (Å²) >= 11 is 0. The number of para-hydroxylation sites is 1. The van der Waals surface area contributed by atoms with Gasteiger partial charge < -0.3 is 4.74 Å². The Labute approximate surface area is 184 Å². The van der Waals surface area contributed by atoms with Gasteiger partial charge in [0.05, 0.1) is 13.3 Å². The number of methoxy groups -OCH3 is 1. The van der Waals surface area contributed by atoms with Crippen LogP contribution in [-0.4, -0.2) is 19.2 Å². The fourth-order valence-corrected chi connectivity index (χ4v) is 3.66. The lowest BCUT2D eigenvalue weighted by atomic mass is 10.0. The molecule has 4 heteroatoms. The van der Waals surface area contributed by atoms with Gasteiger partial charge in [0.25, 0.3) is 0 Å². The summed E-state index contributed by atoms with van der Waals surface area (Å²) in [6.07, 6.45) is 22.1. The Morgan fingerprint density at radius 2 is 1.33 bits per heavy atom. The standard InChI is InChI=1S/C26H44N2O2/c1-3-4-5-6-7-8-9-10-11-12-13-14-15-16-17-22-26(29)28-27-23-24-20-18-19-21-25(24)30-2/h18-21,23H,3-17,22H2,1-2H3,(H,28,29). The van der Waals surface area contributed by atoms with Gasteiger partial charge in [-0.05, 0) is 18.6 Å². The lowest BCUT2D eigenvalue weighted by Crippen LogP contribution is -2.16. The van der Waals surface area contributed by atoms with Gasteiger partial charge in [-0.1, -0.05) is 109 Å². The van der Waals surface area contributed by atoms with Crippen LogP contribution in [0.3, 0.4) is 0 Å². The minimum atomic E-state index is -0.0177. The molecule has 0 fully saturated rings. The zero-order valence-electron chi connectivity index (χ0n) is 19.5. The van der Waals surface area contributed by atoms with Crippen LogP contribution < -0.4 is 10.2 Å². The van der Waals surface area contributed by atoms with Crippen molar-refractivity contribution in [3.63, 3.8) is 0 Å². The predicted octanol–water partition coefficient (Wildman–Crippen LogP) is 7.41. The molecule has 1 aromatic carbocycles. The van der Waals surface area contributed by atoms with Crippen LogP contribution in [0.4, 0.5) is 0 Å². The highest BCUT2D eigenvalue weighted by Gasteiger charge is 2.01. The molecule has 0 saturated heterocycles. The zero-order valence-corrected chi connectivity index (χ0v) is 19.5. The monoisotopic (exact) mass is 416 g/mol. The number of nitrogens with zero attached hydrogens (tertiary/aromatic N) is 1. The van der Waals surface area contributed by atoms with E-state index in [4.69, 9.17) is 4.74 Å². The van der Waals surface area contributed by atoms with Crippen LogP contribution in [-0.2, 0) is 4.79 Å². The van der Waals surface area contributed by atoms with Gasteiger partial charge in [0.15, 0.2) is 0 Å². The van der Waals surface area contributed by atoms with Crippen molar-refractivity contribution in [3.8, 4) is 5.75 Å². The largest absolute Gasteiger partial charge is 0.496 e. The van der Waals surface area contributed by atoms with Gasteiger partial charge in [0.2, 0.25) is 5.91 Å². The molecule has 0 heterocycles. The van der Waals surface area contributed by atoms with Crippen molar-refractivity contribution >= 4 is 12.1 Å². The highest BCUT2D eigenvalue weighted by Crippen LogP contribution is 2.15. The predicted molar refractivity (Wildman–Crippen MR) is 128 cm³/mol. The van der Waals surface area contributed by atoms with E-state index in [0.29, 0.717) is 6.42 Å². The number of unbranched alkanes of at least 4 members (excludes halogenated alkanes) is 14. The summed E-state index contributed by atoms with van der Waals surface area (Å²) in [5.41, 5.74) is 3.46. The molecule has 0 radical (unpaired) electrons. The van der Waals surface area contributed by atoms with Gasteiger partial charge >= 0.3 is 0 Å². The molecular weight excluding hydrogens is 372 g/mol. The quantitative estimate of drug-likeness (QED) is 0.145. The first-order chi connectivity index (χ1) is 14.8. The van der Waals surface area contributed by atoms with Gasteiger partial charge in [-0.25, -0.2) is 5.43 Å². The van der Waals surface area contributed by atoms with E-state index < -0.39 is 0 Å². The van der Waals surface area contributed by atoms with Crippen molar-refractivity contribution in [2.75, 3.05) is 7.11 Å². The summed E-state index contributed by atoms with van der Waals surface area (Å²) < 4.78 is 5.26. The number of nitrogens with one attached hydrogen (secondary N) is 1. The van der Waals surface area contributed by atoms with Crippen molar-refractivity contribution < 1.29 is 9.53 Å². The molecule has 1 rings (SSSR count). The van der Waals surface area contributed by atoms with E-state index in [1.807, 2.05) is 24.3 Å². The maximum atomic E-state index is 11.9. The van der Waals surface area contributed by atoms with E-state index in [9.17, 15) is 4.79 Å². The van der Waals surface area contributed by atoms with Crippen molar-refractivity contribution in [3.05, 3.63) is 29.8 Å². The third kappa shape index (κ3) is 14.2. The molecular formula is C26H44N2O2. The first kappa shape index (κ1) is 26.2. The van der Waals surface area contributed by atoms with Crippen LogP contribution >= 0.6 is 0 Å². The maximum Gasteiger partial charge on any atom is 0.240 e. The molecule has 0 spiro atoms. The number of carbonyl (C=O) groups excluding carboxylic acids is 1. The van der Waals surface area contributed by atoms with Gasteiger partial charge in [-0.15, -0.1) is 0 Å². The van der Waals surface area contributed by atoms with Crippen molar-refractivity contribution in [1.82, 2.24) is 5.43 Å². The number of hydrazone groups is 1. The number of benzene rings is 1. The molecule has 0 aromatic heterocycles. The van der Waals surface area contributed by atoms with Crippen LogP contribution in [0.2, 0.25) is 0 Å². The van der Waals surface area contributed by atoms with E-state index in [2.05, 4.69) is 17.5 Å². The molecule has 1 amide bonds. The van der Waals surface area contributed by atoms with Crippen LogP contribution in [0.1, 0.15) is 115 Å². The first-order valence-electron chi connectivity index (χ1n) is 12.2. The summed E-state index contributed by atoms with van der Waals surface area (Å²) in [4.78, 5) is 11.9. The van der Waals surface area contributed by atoms with Crippen LogP contribution in [0.25, 0.3) is 0 Å². The van der Waals surface area contributed by atoms with E-state index in [-0.39, 0.29) is 5.91 Å². The van der Waals surface area contributed by atoms with E-state index in [0.717, 1.165) is 24.2 Å². The normalized spacial score (nSPS) is 11.1. The minimum absolute atomic E-state index is 0.0177. The Hall–Kier alpha value is -1.84. The summed E-state index contributed by atoms with van der Waals surface area (Å²) in [6.45, 7) is 2.28. The molecule has 1 aromatic rings. The highest BCUT2D eigenvalue weighted by atomic mass is 16.5. The number of carbonyl (C=O) groups is 1. The average molecular weight is 417 g/mol. The molecule has 0 aliphatic heterocycles. The van der Waals surface area contributed by atoms with Crippen molar-refractivity contribution in [2.24, 2.45) is 5.10 Å². The van der Waals surface area contributed by atoms with Crippen LogP contribution in [0, 0.1) is 0 Å². The second kappa shape index (κ2) is 19.1. The number of hydrogen-bond acceptors (Lipinski definition) is 3. The van der Waals surface area contributed by atoms with Gasteiger partial charge in [0.1, 0.15) is 5.75 Å². The molecule has 170 valence electrons. The SMILES string of the molecule is CCCCCCCCCCCCCCCCCC(=O)NN=Cc1ccccc1OC. The molecule has 0 atom stereocenters. The van der Waals surface area contributed by atoms with Crippen LogP contribution in [0.15, 0.2) is 29.4 Å². The Morgan fingerprint density at radius 3 is 1.87 bits per heavy atom. The molecule has 1 N–H and O–H groups in total. The average Bonchev–Trinajstić information content (AvgIpc) is 2.76. The second-order valence-electron chi connectivity index (χ2n) is 8.23. The number of ether oxygens (including phenoxy) is 1. The second-order valence-corrected chi connectivity index (χ2v) is 8.23. The molecule has 0 unspecified atom stereocenters. The zero-order chi connectivity index (χ0) is 21.7. The Morgan fingerprint density at radius 1 is 0.833 bits per heavy atom. The summed E-state index contributed by atoms with van der Waals surface area (Å²) in [5.74, 6) is 0.730. The van der Waals surface area contributed by atoms with Crippen molar-refractivity contribution in [2.45, 2.75) is 110 Å². The smallest absolute Gasteiger partial charge is 0.240 e. The Balaban J connectivity index is 1.88. The topological polar surface area (TPSA) is 50.7 Å². The number of hydrogen-bond donors (Lipinski definition) is 1. The third-order valence-corrected chi connectivity index (χ3v) is 5.54. The highest BCUT2D eigenvalue weighted by molar-refractivity contribution is 5.85. The summed E-state index contributed by atoms with van der Waals surface area (Å²) in [5, 5.41) is 4.03. The fraction of sp³-hybridized carbons (Fsp3) is 0.692. The lowest BCUT2D eigenvalue weighted by Gasteiger charge is -2.04. The number of rotatable bonds is 19. The molecule has 0 aliphatic carbocycles. The summed E-state index contributed by atoms with van der Waals surface area (Å²) in [7, 11) is 1.63. The molecule has 0 aliphatic rings. The Bertz CT molecular complexity index is 572. The molecule has 0 saturated carbocycles. The molecule has 30 heavy (non-hydrogen) atoms. The summed E-state index contributed by atoms with van der Waals surface area (Å²) in [6, 6.07) is 7.61. The molecule has 0 bridgehead atoms. The molecule has 4 nitrogen and oxygen atoms in total. The van der Waals surface area contributed by atoms with Gasteiger partial charge in [0, 0.05) is 12.0 Å². The first-order valence-corrected chi connectivity index (χ1v) is 12.2. The lowest BCUT2D eigenvalue weighted by molar-refractivity contribution is -0.121. The van der Waals surface area contributed by atoms with Gasteiger partial charge in [-0.2, -0.15) is 5.10 Å². The maximum absolute atomic E-state index is 11.9. The van der Waals surface area contributed by atoms with Crippen molar-refractivity contribution in [1.29, 1.82) is 0 Å². The van der Waals surface area contributed by atoms with E-state index in [1.165, 1.54) is 83.5 Å². The van der Waals surface area contributed by atoms with Gasteiger partial charge in [-0.3, -0.25) is 4.79 Å². The number of amides is 1. The Kier molecular flexibility index (Phi) is 16.7. The van der Waals surface area contributed by atoms with E-state index >= 15 is 0 Å².